The van der Waals surface area contributed by atoms with Gasteiger partial charge in [-0.25, -0.2) is 0 Å². The zero-order valence-corrected chi connectivity index (χ0v) is 13.5. The molecule has 0 radical (unpaired) electrons. The van der Waals surface area contributed by atoms with E-state index in [4.69, 9.17) is 4.74 Å². The molecule has 120 valence electrons. The van der Waals surface area contributed by atoms with Crippen molar-refractivity contribution in [3.05, 3.63) is 24.3 Å². The summed E-state index contributed by atoms with van der Waals surface area (Å²) in [7, 11) is 0. The average molecular weight is 304 g/mol. The van der Waals surface area contributed by atoms with Gasteiger partial charge in [0, 0.05) is 37.0 Å². The molecule has 22 heavy (non-hydrogen) atoms. The molecule has 1 aromatic carbocycles. The molecule has 1 aromatic rings. The molecule has 1 heterocycles. The molecule has 1 N–H and O–H groups in total. The number of ether oxygens (including phenoxy) is 1. The van der Waals surface area contributed by atoms with Crippen LogP contribution in [-0.2, 0) is 9.59 Å². The highest BCUT2D eigenvalue weighted by molar-refractivity contribution is 5.95. The second kappa shape index (κ2) is 7.29. The number of carbonyl (C=O) groups excluding carboxylic acids is 2. The van der Waals surface area contributed by atoms with Crippen molar-refractivity contribution in [1.82, 2.24) is 5.32 Å². The lowest BCUT2D eigenvalue weighted by Crippen LogP contribution is -2.33. The van der Waals surface area contributed by atoms with E-state index in [1.165, 1.54) is 0 Å². The summed E-state index contributed by atoms with van der Waals surface area (Å²) in [5, 5.41) is 2.90. The maximum atomic E-state index is 12.2. The molecule has 1 aliphatic heterocycles. The summed E-state index contributed by atoms with van der Waals surface area (Å²) in [6, 6.07) is 7.55. The van der Waals surface area contributed by atoms with E-state index in [1.807, 2.05) is 45.0 Å². The topological polar surface area (TPSA) is 58.6 Å². The lowest BCUT2D eigenvalue weighted by atomic mass is 10.1. The molecule has 1 fully saturated rings. The van der Waals surface area contributed by atoms with Gasteiger partial charge in [0.25, 0.3) is 0 Å². The predicted molar refractivity (Wildman–Crippen MR) is 85.9 cm³/mol. The molecule has 0 bridgehead atoms. The Hall–Kier alpha value is -2.04. The SMILES string of the molecule is CCOc1ccc(N2CC(CNC(=O)C(C)C)CC2=O)cc1. The molecule has 0 aromatic heterocycles. The summed E-state index contributed by atoms with van der Waals surface area (Å²) in [5.74, 6) is 1.08. The minimum atomic E-state index is -0.0284. The van der Waals surface area contributed by atoms with E-state index in [0.29, 0.717) is 26.1 Å². The Morgan fingerprint density at radius 3 is 2.64 bits per heavy atom. The molecule has 5 nitrogen and oxygen atoms in total. The number of hydrogen-bond donors (Lipinski definition) is 1. The van der Waals surface area contributed by atoms with Crippen molar-refractivity contribution < 1.29 is 14.3 Å². The number of anilines is 1. The summed E-state index contributed by atoms with van der Waals surface area (Å²) in [5.41, 5.74) is 0.881. The second-order valence-electron chi connectivity index (χ2n) is 5.90. The van der Waals surface area contributed by atoms with Gasteiger partial charge in [-0.1, -0.05) is 13.8 Å². The summed E-state index contributed by atoms with van der Waals surface area (Å²) < 4.78 is 5.41. The van der Waals surface area contributed by atoms with Crippen molar-refractivity contribution in [2.75, 3.05) is 24.6 Å². The molecule has 0 saturated carbocycles. The summed E-state index contributed by atoms with van der Waals surface area (Å²) in [6.45, 7) is 7.48. The first-order chi connectivity index (χ1) is 10.5. The van der Waals surface area contributed by atoms with Crippen molar-refractivity contribution in [2.24, 2.45) is 11.8 Å². The molecule has 2 rings (SSSR count). The van der Waals surface area contributed by atoms with E-state index in [0.717, 1.165) is 11.4 Å². The highest BCUT2D eigenvalue weighted by Crippen LogP contribution is 2.26. The number of hydrogen-bond acceptors (Lipinski definition) is 3. The summed E-state index contributed by atoms with van der Waals surface area (Å²) in [4.78, 5) is 25.5. The number of amides is 2. The Morgan fingerprint density at radius 1 is 1.36 bits per heavy atom. The minimum Gasteiger partial charge on any atom is -0.494 e. The third-order valence-corrected chi connectivity index (χ3v) is 3.75. The average Bonchev–Trinajstić information content (AvgIpc) is 2.87. The third-order valence-electron chi connectivity index (χ3n) is 3.75. The maximum absolute atomic E-state index is 12.2. The van der Waals surface area contributed by atoms with Gasteiger partial charge in [0.1, 0.15) is 5.75 Å². The monoisotopic (exact) mass is 304 g/mol. The molecular formula is C17H24N2O3. The minimum absolute atomic E-state index is 0.0284. The summed E-state index contributed by atoms with van der Waals surface area (Å²) in [6.07, 6.45) is 0.478. The first-order valence-electron chi connectivity index (χ1n) is 7.82. The zero-order chi connectivity index (χ0) is 16.1. The molecule has 0 aliphatic carbocycles. The lowest BCUT2D eigenvalue weighted by Gasteiger charge is -2.17. The number of nitrogens with zero attached hydrogens (tertiary/aromatic N) is 1. The molecule has 1 aliphatic rings. The first kappa shape index (κ1) is 16.3. The Labute approximate surface area is 131 Å². The van der Waals surface area contributed by atoms with Crippen LogP contribution in [-0.4, -0.2) is 31.5 Å². The van der Waals surface area contributed by atoms with Crippen molar-refractivity contribution in [1.29, 1.82) is 0 Å². The van der Waals surface area contributed by atoms with Crippen LogP contribution in [0.3, 0.4) is 0 Å². The van der Waals surface area contributed by atoms with Crippen LogP contribution in [0, 0.1) is 11.8 Å². The van der Waals surface area contributed by atoms with E-state index < -0.39 is 0 Å². The Bertz CT molecular complexity index is 525. The quantitative estimate of drug-likeness (QED) is 0.876. The van der Waals surface area contributed by atoms with Crippen LogP contribution >= 0.6 is 0 Å². The highest BCUT2D eigenvalue weighted by Gasteiger charge is 2.30. The van der Waals surface area contributed by atoms with E-state index in [9.17, 15) is 9.59 Å². The van der Waals surface area contributed by atoms with Gasteiger partial charge in [-0.2, -0.15) is 0 Å². The second-order valence-corrected chi connectivity index (χ2v) is 5.90. The fraction of sp³-hybridized carbons (Fsp3) is 0.529. The summed E-state index contributed by atoms with van der Waals surface area (Å²) >= 11 is 0. The largest absolute Gasteiger partial charge is 0.494 e. The van der Waals surface area contributed by atoms with Gasteiger partial charge in [0.15, 0.2) is 0 Å². The lowest BCUT2D eigenvalue weighted by molar-refractivity contribution is -0.124. The molecule has 1 unspecified atom stereocenters. The fourth-order valence-electron chi connectivity index (χ4n) is 2.51. The molecule has 2 amide bonds. The molecule has 1 saturated heterocycles. The van der Waals surface area contributed by atoms with Crippen molar-refractivity contribution >= 4 is 17.5 Å². The fourth-order valence-corrected chi connectivity index (χ4v) is 2.51. The van der Waals surface area contributed by atoms with Crippen LogP contribution in [0.15, 0.2) is 24.3 Å². The van der Waals surface area contributed by atoms with E-state index in [-0.39, 0.29) is 23.7 Å². The molecule has 0 spiro atoms. The van der Waals surface area contributed by atoms with Gasteiger partial charge >= 0.3 is 0 Å². The molecule has 5 heteroatoms. The Morgan fingerprint density at radius 2 is 2.05 bits per heavy atom. The van der Waals surface area contributed by atoms with Crippen LogP contribution in [0.2, 0.25) is 0 Å². The highest BCUT2D eigenvalue weighted by atomic mass is 16.5. The predicted octanol–water partition coefficient (Wildman–Crippen LogP) is 2.21. The van der Waals surface area contributed by atoms with Crippen molar-refractivity contribution in [3.8, 4) is 5.75 Å². The van der Waals surface area contributed by atoms with E-state index in [2.05, 4.69) is 5.32 Å². The van der Waals surface area contributed by atoms with Crippen LogP contribution < -0.4 is 15.0 Å². The Balaban J connectivity index is 1.93. The van der Waals surface area contributed by atoms with Gasteiger partial charge in [0.2, 0.25) is 11.8 Å². The van der Waals surface area contributed by atoms with Gasteiger partial charge in [-0.05, 0) is 31.2 Å². The van der Waals surface area contributed by atoms with E-state index >= 15 is 0 Å². The van der Waals surface area contributed by atoms with E-state index in [1.54, 1.807) is 4.90 Å². The zero-order valence-electron chi connectivity index (χ0n) is 13.5. The smallest absolute Gasteiger partial charge is 0.227 e. The van der Waals surface area contributed by atoms with Gasteiger partial charge in [-0.3, -0.25) is 9.59 Å². The molecule has 1 atom stereocenters. The van der Waals surface area contributed by atoms with Gasteiger partial charge < -0.3 is 15.0 Å². The van der Waals surface area contributed by atoms with Gasteiger partial charge in [0.05, 0.1) is 6.61 Å². The van der Waals surface area contributed by atoms with Gasteiger partial charge in [-0.15, -0.1) is 0 Å². The Kier molecular flexibility index (Phi) is 5.41. The van der Waals surface area contributed by atoms with Crippen molar-refractivity contribution in [3.63, 3.8) is 0 Å². The normalized spacial score (nSPS) is 17.9. The number of rotatable bonds is 6. The van der Waals surface area contributed by atoms with Crippen molar-refractivity contribution in [2.45, 2.75) is 27.2 Å². The maximum Gasteiger partial charge on any atom is 0.227 e. The van der Waals surface area contributed by atoms with Crippen LogP contribution in [0.5, 0.6) is 5.75 Å². The number of carbonyl (C=O) groups is 2. The molecular weight excluding hydrogens is 280 g/mol. The third kappa shape index (κ3) is 4.00. The van der Waals surface area contributed by atoms with Crippen LogP contribution in [0.4, 0.5) is 5.69 Å². The number of benzene rings is 1. The number of nitrogens with one attached hydrogen (secondary N) is 1. The standard InChI is InChI=1S/C17H24N2O3/c1-4-22-15-7-5-14(6-8-15)19-11-13(9-16(19)20)10-18-17(21)12(2)3/h5-8,12-13H,4,9-11H2,1-3H3,(H,18,21). The van der Waals surface area contributed by atoms with Crippen LogP contribution in [0.25, 0.3) is 0 Å². The van der Waals surface area contributed by atoms with Crippen LogP contribution in [0.1, 0.15) is 27.2 Å². The first-order valence-corrected chi connectivity index (χ1v) is 7.82.